The molecule has 0 radical (unpaired) electrons. The van der Waals surface area contributed by atoms with E-state index in [1.165, 1.54) is 19.4 Å². The molecule has 0 saturated carbocycles. The van der Waals surface area contributed by atoms with Crippen molar-refractivity contribution in [1.82, 2.24) is 15.2 Å². The summed E-state index contributed by atoms with van der Waals surface area (Å²) in [5, 5.41) is 6.61. The summed E-state index contributed by atoms with van der Waals surface area (Å²) >= 11 is 1.74. The minimum absolute atomic E-state index is 0.687. The minimum Gasteiger partial charge on any atom is -0.383 e. The lowest BCUT2D eigenvalue weighted by Crippen LogP contribution is -2.38. The Morgan fingerprint density at radius 3 is 3.19 bits per heavy atom. The highest BCUT2D eigenvalue weighted by atomic mass is 32.1. The molecule has 1 aliphatic rings. The van der Waals surface area contributed by atoms with Crippen LogP contribution in [0.1, 0.15) is 25.5 Å². The Bertz CT molecular complexity index is 412. The van der Waals surface area contributed by atoms with Crippen LogP contribution in [0.3, 0.4) is 0 Å². The Morgan fingerprint density at radius 1 is 1.57 bits per heavy atom. The van der Waals surface area contributed by atoms with E-state index in [9.17, 15) is 0 Å². The second-order valence-electron chi connectivity index (χ2n) is 5.60. The highest BCUT2D eigenvalue weighted by Gasteiger charge is 2.24. The summed E-state index contributed by atoms with van der Waals surface area (Å²) in [6.07, 6.45) is 2.65. The summed E-state index contributed by atoms with van der Waals surface area (Å²) < 4.78 is 5.03. The molecular formula is C15H28N4OS. The van der Waals surface area contributed by atoms with Gasteiger partial charge in [-0.25, -0.2) is 4.98 Å². The molecule has 1 saturated heterocycles. The van der Waals surface area contributed by atoms with E-state index in [2.05, 4.69) is 34.5 Å². The zero-order chi connectivity index (χ0) is 15.1. The third kappa shape index (κ3) is 4.92. The van der Waals surface area contributed by atoms with Gasteiger partial charge in [-0.3, -0.25) is 4.90 Å². The summed E-state index contributed by atoms with van der Waals surface area (Å²) in [5.74, 6) is 0. The van der Waals surface area contributed by atoms with Crippen molar-refractivity contribution in [3.63, 3.8) is 0 Å². The van der Waals surface area contributed by atoms with Crippen molar-refractivity contribution in [3.8, 4) is 0 Å². The van der Waals surface area contributed by atoms with Crippen molar-refractivity contribution in [2.24, 2.45) is 0 Å². The molecule has 0 bridgehead atoms. The van der Waals surface area contributed by atoms with Gasteiger partial charge in [0.2, 0.25) is 0 Å². The first-order chi connectivity index (χ1) is 10.2. The van der Waals surface area contributed by atoms with Crippen LogP contribution in [0.4, 0.5) is 5.13 Å². The lowest BCUT2D eigenvalue weighted by molar-refractivity contribution is 0.199. The molecule has 1 aromatic heterocycles. The molecule has 0 aliphatic carbocycles. The van der Waals surface area contributed by atoms with Crippen molar-refractivity contribution in [2.45, 2.75) is 32.4 Å². The molecule has 1 aliphatic heterocycles. The number of hydrogen-bond donors (Lipinski definition) is 1. The third-order valence-electron chi connectivity index (χ3n) is 4.05. The largest absolute Gasteiger partial charge is 0.383 e. The fourth-order valence-electron chi connectivity index (χ4n) is 2.86. The lowest BCUT2D eigenvalue weighted by atomic mass is 10.2. The molecule has 1 N–H and O–H groups in total. The molecule has 6 heteroatoms. The van der Waals surface area contributed by atoms with Gasteiger partial charge < -0.3 is 15.0 Å². The molecule has 0 amide bonds. The zero-order valence-electron chi connectivity index (χ0n) is 13.5. The summed E-state index contributed by atoms with van der Waals surface area (Å²) in [7, 11) is 3.88. The topological polar surface area (TPSA) is 40.6 Å². The normalized spacial score (nSPS) is 19.3. The van der Waals surface area contributed by atoms with E-state index in [0.717, 1.165) is 43.6 Å². The van der Waals surface area contributed by atoms with E-state index in [4.69, 9.17) is 9.72 Å². The second kappa shape index (κ2) is 8.68. The van der Waals surface area contributed by atoms with Crippen LogP contribution in [0.25, 0.3) is 0 Å². The first-order valence-electron chi connectivity index (χ1n) is 7.83. The van der Waals surface area contributed by atoms with Crippen LogP contribution >= 0.6 is 11.3 Å². The third-order valence-corrected chi connectivity index (χ3v) is 5.05. The molecule has 1 unspecified atom stereocenters. The highest BCUT2D eigenvalue weighted by molar-refractivity contribution is 7.13. The Kier molecular flexibility index (Phi) is 6.89. The number of nitrogens with one attached hydrogen (secondary N) is 1. The number of ether oxygens (including phenoxy) is 1. The number of rotatable bonds is 9. The van der Waals surface area contributed by atoms with Crippen molar-refractivity contribution in [2.75, 3.05) is 51.8 Å². The van der Waals surface area contributed by atoms with Crippen LogP contribution in [-0.2, 0) is 11.3 Å². The van der Waals surface area contributed by atoms with Crippen LogP contribution in [0.15, 0.2) is 5.38 Å². The smallest absolute Gasteiger partial charge is 0.185 e. The predicted molar refractivity (Wildman–Crippen MR) is 89.2 cm³/mol. The molecular weight excluding hydrogens is 284 g/mol. The van der Waals surface area contributed by atoms with Gasteiger partial charge in [-0.2, -0.15) is 0 Å². The van der Waals surface area contributed by atoms with E-state index in [-0.39, 0.29) is 0 Å². The predicted octanol–water partition coefficient (Wildman–Crippen LogP) is 1.80. The van der Waals surface area contributed by atoms with Gasteiger partial charge in [-0.05, 0) is 25.9 Å². The fraction of sp³-hybridized carbons (Fsp3) is 0.800. The Balaban J connectivity index is 1.79. The van der Waals surface area contributed by atoms with E-state index >= 15 is 0 Å². The number of thiazole rings is 1. The van der Waals surface area contributed by atoms with Gasteiger partial charge >= 0.3 is 0 Å². The van der Waals surface area contributed by atoms with Crippen molar-refractivity contribution < 1.29 is 4.74 Å². The lowest BCUT2D eigenvalue weighted by Gasteiger charge is -2.27. The van der Waals surface area contributed by atoms with Crippen LogP contribution in [0.5, 0.6) is 0 Å². The Hall–Kier alpha value is -0.690. The molecule has 5 nitrogen and oxygen atoms in total. The molecule has 21 heavy (non-hydrogen) atoms. The van der Waals surface area contributed by atoms with Crippen LogP contribution in [0.2, 0.25) is 0 Å². The minimum atomic E-state index is 0.687. The first-order valence-corrected chi connectivity index (χ1v) is 8.71. The molecule has 120 valence electrons. The van der Waals surface area contributed by atoms with Gasteiger partial charge in [0.15, 0.2) is 5.13 Å². The molecule has 0 aromatic carbocycles. The number of likely N-dealkylation sites (tertiary alicyclic amines) is 1. The zero-order valence-corrected chi connectivity index (χ0v) is 14.3. The summed E-state index contributed by atoms with van der Waals surface area (Å²) in [5.41, 5.74) is 1.12. The maximum Gasteiger partial charge on any atom is 0.185 e. The van der Waals surface area contributed by atoms with Gasteiger partial charge in [-0.1, -0.05) is 6.92 Å². The average molecular weight is 312 g/mol. The number of aromatic nitrogens is 1. The number of likely N-dealkylation sites (N-methyl/N-ethyl adjacent to an activating group) is 2. The highest BCUT2D eigenvalue weighted by Crippen LogP contribution is 2.23. The van der Waals surface area contributed by atoms with Crippen molar-refractivity contribution in [3.05, 3.63) is 11.1 Å². The van der Waals surface area contributed by atoms with Crippen LogP contribution in [-0.4, -0.2) is 62.9 Å². The molecule has 1 atom stereocenters. The Morgan fingerprint density at radius 2 is 2.43 bits per heavy atom. The number of anilines is 1. The van der Waals surface area contributed by atoms with Gasteiger partial charge in [0.1, 0.15) is 0 Å². The number of hydrogen-bond acceptors (Lipinski definition) is 6. The van der Waals surface area contributed by atoms with Crippen LogP contribution in [0, 0.1) is 0 Å². The standard InChI is InChI=1S/C15H28N4OS/c1-4-19-8-5-6-14(19)11-18(2)15-17-13(12-21-15)10-16-7-9-20-3/h12,14,16H,4-11H2,1-3H3. The summed E-state index contributed by atoms with van der Waals surface area (Å²) in [6.45, 7) is 8.17. The monoisotopic (exact) mass is 312 g/mol. The van der Waals surface area contributed by atoms with Gasteiger partial charge in [0, 0.05) is 45.2 Å². The van der Waals surface area contributed by atoms with E-state index in [1.807, 2.05) is 0 Å². The molecule has 2 rings (SSSR count). The van der Waals surface area contributed by atoms with Gasteiger partial charge in [0.25, 0.3) is 0 Å². The number of nitrogens with zero attached hydrogens (tertiary/aromatic N) is 3. The maximum absolute atomic E-state index is 5.03. The average Bonchev–Trinajstić information content (AvgIpc) is 3.12. The maximum atomic E-state index is 5.03. The summed E-state index contributed by atoms with van der Waals surface area (Å²) in [6, 6.07) is 0.687. The molecule has 1 fully saturated rings. The van der Waals surface area contributed by atoms with Gasteiger partial charge in [0.05, 0.1) is 12.3 Å². The van der Waals surface area contributed by atoms with Crippen molar-refractivity contribution >= 4 is 16.5 Å². The Labute approximate surface area is 132 Å². The SMILES string of the molecule is CCN1CCCC1CN(C)c1nc(CNCCOC)cs1. The van der Waals surface area contributed by atoms with Crippen LogP contribution < -0.4 is 10.2 Å². The second-order valence-corrected chi connectivity index (χ2v) is 6.43. The van der Waals surface area contributed by atoms with E-state index in [1.54, 1.807) is 18.4 Å². The molecule has 1 aromatic rings. The molecule has 0 spiro atoms. The summed E-state index contributed by atoms with van der Waals surface area (Å²) in [4.78, 5) is 9.61. The molecule has 2 heterocycles. The quantitative estimate of drug-likeness (QED) is 0.704. The van der Waals surface area contributed by atoms with Gasteiger partial charge in [-0.15, -0.1) is 11.3 Å². The van der Waals surface area contributed by atoms with E-state index < -0.39 is 0 Å². The first kappa shape index (κ1) is 16.7. The van der Waals surface area contributed by atoms with Crippen molar-refractivity contribution in [1.29, 1.82) is 0 Å². The van der Waals surface area contributed by atoms with E-state index in [0.29, 0.717) is 6.04 Å². The number of methoxy groups -OCH3 is 1. The fourth-order valence-corrected chi connectivity index (χ4v) is 3.66.